The van der Waals surface area contributed by atoms with Crippen LogP contribution in [-0.4, -0.2) is 48.5 Å². The third-order valence-electron chi connectivity index (χ3n) is 6.42. The number of guanidine groups is 1. The number of aromatic nitrogens is 1. The largest absolute Gasteiger partial charge is 0.495 e. The van der Waals surface area contributed by atoms with Gasteiger partial charge < -0.3 is 15.4 Å². The second-order valence-electron chi connectivity index (χ2n) is 8.25. The highest BCUT2D eigenvalue weighted by Gasteiger charge is 2.71. The zero-order valence-electron chi connectivity index (χ0n) is 18.1. The molecule has 2 aliphatic rings. The van der Waals surface area contributed by atoms with Gasteiger partial charge in [-0.2, -0.15) is 0 Å². The van der Waals surface area contributed by atoms with Crippen molar-refractivity contribution in [3.63, 3.8) is 0 Å². The number of hydrogen-bond donors (Lipinski definition) is 3. The van der Waals surface area contributed by atoms with Crippen molar-refractivity contribution in [2.45, 2.75) is 37.0 Å². The van der Waals surface area contributed by atoms with Crippen molar-refractivity contribution in [3.05, 3.63) is 53.1 Å². The van der Waals surface area contributed by atoms with Crippen molar-refractivity contribution in [1.29, 1.82) is 5.41 Å². The second-order valence-corrected chi connectivity index (χ2v) is 10.5. The van der Waals surface area contributed by atoms with E-state index >= 15 is 0 Å². The number of methoxy groups -OCH3 is 1. The van der Waals surface area contributed by atoms with E-state index in [4.69, 9.17) is 10.1 Å². The van der Waals surface area contributed by atoms with E-state index in [0.717, 1.165) is 4.31 Å². The number of nitrogens with one attached hydrogen (secondary N) is 3. The monoisotopic (exact) mass is 461 g/mol. The number of amides is 1. The van der Waals surface area contributed by atoms with E-state index in [1.807, 2.05) is 0 Å². The van der Waals surface area contributed by atoms with Crippen LogP contribution in [0.1, 0.15) is 41.4 Å². The first-order valence-corrected chi connectivity index (χ1v) is 11.4. The number of ether oxygens (including phenoxy) is 1. The molecule has 3 N–H and O–H groups in total. The lowest BCUT2D eigenvalue weighted by molar-refractivity contribution is 0.102. The van der Waals surface area contributed by atoms with Crippen LogP contribution in [0.3, 0.4) is 0 Å². The molecule has 0 bridgehead atoms. The lowest BCUT2D eigenvalue weighted by Gasteiger charge is -2.47. The Labute approximate surface area is 185 Å². The molecule has 1 aromatic carbocycles. The van der Waals surface area contributed by atoms with Gasteiger partial charge in [-0.3, -0.25) is 10.2 Å². The van der Waals surface area contributed by atoms with Gasteiger partial charge in [0.2, 0.25) is 16.0 Å². The number of benzene rings is 1. The van der Waals surface area contributed by atoms with Gasteiger partial charge in [0.1, 0.15) is 22.0 Å². The Morgan fingerprint density at radius 1 is 1.34 bits per heavy atom. The molecule has 170 valence electrons. The summed E-state index contributed by atoms with van der Waals surface area (Å²) >= 11 is 0. The van der Waals surface area contributed by atoms with Gasteiger partial charge in [0, 0.05) is 18.3 Å². The molecule has 1 amide bonds. The fraction of sp³-hybridized carbons (Fsp3) is 0.381. The van der Waals surface area contributed by atoms with Gasteiger partial charge in [0.25, 0.3) is 5.91 Å². The first-order chi connectivity index (χ1) is 15.0. The molecule has 32 heavy (non-hydrogen) atoms. The van der Waals surface area contributed by atoms with Crippen LogP contribution in [0.15, 0.2) is 30.5 Å². The van der Waals surface area contributed by atoms with Gasteiger partial charge in [-0.25, -0.2) is 22.1 Å². The Bertz CT molecular complexity index is 1240. The Morgan fingerprint density at radius 3 is 2.62 bits per heavy atom. The smallest absolute Gasteiger partial charge is 0.274 e. The van der Waals surface area contributed by atoms with E-state index in [2.05, 4.69) is 15.6 Å². The van der Waals surface area contributed by atoms with Crippen LogP contribution in [0.2, 0.25) is 0 Å². The molecule has 9 nitrogen and oxygen atoms in total. The van der Waals surface area contributed by atoms with Crippen LogP contribution in [0.4, 0.5) is 10.1 Å². The molecule has 1 saturated carbocycles. The number of aryl methyl sites for hydroxylation is 1. The van der Waals surface area contributed by atoms with Crippen molar-refractivity contribution in [2.24, 2.45) is 0 Å². The number of sulfonamides is 1. The summed E-state index contributed by atoms with van der Waals surface area (Å²) in [6.07, 6.45) is 2.09. The predicted octanol–water partition coefficient (Wildman–Crippen LogP) is 2.34. The minimum atomic E-state index is -3.87. The van der Waals surface area contributed by atoms with Crippen LogP contribution in [-0.2, 0) is 15.6 Å². The Hall–Kier alpha value is -3.21. The summed E-state index contributed by atoms with van der Waals surface area (Å²) in [6, 6.07) is 5.66. The van der Waals surface area contributed by atoms with Crippen LogP contribution in [0, 0.1) is 18.2 Å². The van der Waals surface area contributed by atoms with Gasteiger partial charge in [-0.1, -0.05) is 0 Å². The quantitative estimate of drug-likeness (QED) is 0.642. The summed E-state index contributed by atoms with van der Waals surface area (Å²) in [7, 11) is -1.06. The van der Waals surface area contributed by atoms with E-state index in [1.54, 1.807) is 19.9 Å². The summed E-state index contributed by atoms with van der Waals surface area (Å²) in [6.45, 7) is 3.30. The Morgan fingerprint density at radius 2 is 2.03 bits per heavy atom. The van der Waals surface area contributed by atoms with E-state index in [9.17, 15) is 17.6 Å². The minimum Gasteiger partial charge on any atom is -0.495 e. The molecule has 4 rings (SSSR count). The van der Waals surface area contributed by atoms with E-state index in [1.165, 1.54) is 38.6 Å². The number of anilines is 1. The fourth-order valence-electron chi connectivity index (χ4n) is 4.33. The van der Waals surface area contributed by atoms with Crippen molar-refractivity contribution < 1.29 is 22.3 Å². The first kappa shape index (κ1) is 22.0. The summed E-state index contributed by atoms with van der Waals surface area (Å²) < 4.78 is 45.9. The summed E-state index contributed by atoms with van der Waals surface area (Å²) in [4.78, 5) is 16.9. The van der Waals surface area contributed by atoms with Crippen molar-refractivity contribution >= 4 is 27.6 Å². The molecule has 2 heterocycles. The molecule has 0 unspecified atom stereocenters. The average molecular weight is 462 g/mol. The van der Waals surface area contributed by atoms with E-state index in [0.29, 0.717) is 24.2 Å². The number of rotatable bonds is 4. The van der Waals surface area contributed by atoms with Gasteiger partial charge in [-0.15, -0.1) is 0 Å². The Kier molecular flexibility index (Phi) is 4.92. The zero-order valence-corrected chi connectivity index (χ0v) is 18.9. The molecule has 1 aliphatic carbocycles. The lowest BCUT2D eigenvalue weighted by atomic mass is 9.85. The van der Waals surface area contributed by atoms with E-state index in [-0.39, 0.29) is 22.9 Å². The zero-order chi connectivity index (χ0) is 23.5. The third-order valence-corrected chi connectivity index (χ3v) is 9.13. The Balaban J connectivity index is 1.71. The highest BCUT2D eigenvalue weighted by Crippen LogP contribution is 2.58. The highest BCUT2D eigenvalue weighted by atomic mass is 32.2. The molecule has 1 atom stereocenters. The number of carbonyl (C=O) groups is 1. The molecule has 2 fully saturated rings. The fourth-order valence-corrected chi connectivity index (χ4v) is 6.43. The molecule has 1 aromatic heterocycles. The van der Waals surface area contributed by atoms with Crippen LogP contribution in [0.25, 0.3) is 0 Å². The van der Waals surface area contributed by atoms with Gasteiger partial charge in [0.15, 0.2) is 0 Å². The normalized spacial score (nSPS) is 22.9. The average Bonchev–Trinajstić information content (AvgIpc) is 3.56. The molecule has 11 heteroatoms. The van der Waals surface area contributed by atoms with Gasteiger partial charge in [0.05, 0.1) is 18.8 Å². The molecule has 1 spiro atoms. The van der Waals surface area contributed by atoms with E-state index < -0.39 is 32.0 Å². The first-order valence-electron chi connectivity index (χ1n) is 9.94. The molecule has 1 saturated heterocycles. The van der Waals surface area contributed by atoms with Gasteiger partial charge in [-0.05, 0) is 56.5 Å². The number of nitrogens with zero attached hydrogens (tertiary/aromatic N) is 2. The summed E-state index contributed by atoms with van der Waals surface area (Å²) in [5, 5.41) is 13.7. The number of pyridine rings is 1. The highest BCUT2D eigenvalue weighted by molar-refractivity contribution is 7.91. The van der Waals surface area contributed by atoms with Crippen molar-refractivity contribution in [3.8, 4) is 5.75 Å². The molecule has 0 radical (unpaired) electrons. The van der Waals surface area contributed by atoms with Gasteiger partial charge >= 0.3 is 0 Å². The number of halogens is 1. The minimum absolute atomic E-state index is 0.0636. The van der Waals surface area contributed by atoms with Crippen LogP contribution in [0.5, 0.6) is 5.75 Å². The van der Waals surface area contributed by atoms with Crippen LogP contribution >= 0.6 is 0 Å². The third kappa shape index (κ3) is 3.02. The lowest BCUT2D eigenvalue weighted by Crippen LogP contribution is -2.67. The predicted molar refractivity (Wildman–Crippen MR) is 117 cm³/mol. The van der Waals surface area contributed by atoms with Crippen molar-refractivity contribution in [2.75, 3.05) is 19.5 Å². The maximum absolute atomic E-state index is 15.0. The molecular weight excluding hydrogens is 437 g/mol. The maximum Gasteiger partial charge on any atom is 0.274 e. The molecule has 2 aromatic rings. The SMILES string of the molecule is COc1cnc(C(=O)Nc2ccc(F)c([C@@]3(C)NC(=N)N(C)S(=O)(=O)C34CC4)c2)c(C)c1. The standard InChI is InChI=1S/C21H24FN5O4S/c1-12-9-14(31-4)11-24-17(12)18(28)25-13-5-6-16(22)15(10-13)20(2)21(7-8-21)32(29,30)27(3)19(23)26-20/h5-6,9-11H,7-8H2,1-4H3,(H2,23,26)(H,25,28)/t20-/m1/s1. The topological polar surface area (TPSA) is 124 Å². The molecular formula is C21H24FN5O4S. The summed E-state index contributed by atoms with van der Waals surface area (Å²) in [5.41, 5.74) is -0.249. The summed E-state index contributed by atoms with van der Waals surface area (Å²) in [5.74, 6) is -0.944. The molecule has 1 aliphatic heterocycles. The van der Waals surface area contributed by atoms with Crippen LogP contribution < -0.4 is 15.4 Å². The number of hydrogen-bond acceptors (Lipinski definition) is 6. The maximum atomic E-state index is 15.0. The second kappa shape index (κ2) is 7.16. The number of carbonyl (C=O) groups excluding carboxylic acids is 1. The van der Waals surface area contributed by atoms with Crippen molar-refractivity contribution in [1.82, 2.24) is 14.6 Å².